The highest BCUT2D eigenvalue weighted by Gasteiger charge is 2.37. The van der Waals surface area contributed by atoms with E-state index in [4.69, 9.17) is 5.84 Å². The van der Waals surface area contributed by atoms with Gasteiger partial charge in [0.2, 0.25) is 11.8 Å². The lowest BCUT2D eigenvalue weighted by atomic mass is 9.77. The van der Waals surface area contributed by atoms with Crippen molar-refractivity contribution in [3.63, 3.8) is 0 Å². The Labute approximate surface area is 164 Å². The Hall–Kier alpha value is -3.44. The first kappa shape index (κ1) is 19.3. The molecule has 0 radical (unpaired) electrons. The van der Waals surface area contributed by atoms with Gasteiger partial charge in [0.1, 0.15) is 5.54 Å². The van der Waals surface area contributed by atoms with Crippen LogP contribution in [-0.4, -0.2) is 11.8 Å². The zero-order valence-electron chi connectivity index (χ0n) is 15.5. The smallest absolute Gasteiger partial charge is 0.234 e. The molecule has 0 aromatic heterocycles. The van der Waals surface area contributed by atoms with Crippen LogP contribution in [0, 0.1) is 0 Å². The summed E-state index contributed by atoms with van der Waals surface area (Å²) in [6, 6.07) is 29.5. The van der Waals surface area contributed by atoms with Crippen molar-refractivity contribution in [3.8, 4) is 0 Å². The average molecular weight is 373 g/mol. The minimum Gasteiger partial charge on any atom is -0.338 e. The summed E-state index contributed by atoms with van der Waals surface area (Å²) in [4.78, 5) is 24.3. The third-order valence-corrected chi connectivity index (χ3v) is 4.69. The Morgan fingerprint density at radius 3 is 1.36 bits per heavy atom. The number of hydrogen-bond donors (Lipinski definition) is 3. The van der Waals surface area contributed by atoms with Crippen LogP contribution in [-0.2, 0) is 15.1 Å². The van der Waals surface area contributed by atoms with Crippen LogP contribution in [0.25, 0.3) is 0 Å². The molecule has 0 heterocycles. The highest BCUT2D eigenvalue weighted by Crippen LogP contribution is 2.36. The molecule has 5 nitrogen and oxygen atoms in total. The zero-order chi connectivity index (χ0) is 19.8. The molecule has 0 fully saturated rings. The molecule has 0 saturated heterocycles. The van der Waals surface area contributed by atoms with Crippen LogP contribution in [0.5, 0.6) is 0 Å². The van der Waals surface area contributed by atoms with E-state index < -0.39 is 5.54 Å². The molecule has 3 aromatic rings. The molecular formula is C23H23N3O2. The number of benzene rings is 3. The van der Waals surface area contributed by atoms with Gasteiger partial charge in [-0.15, -0.1) is 0 Å². The lowest BCUT2D eigenvalue weighted by Crippen LogP contribution is -2.48. The van der Waals surface area contributed by atoms with Gasteiger partial charge in [0, 0.05) is 12.8 Å². The van der Waals surface area contributed by atoms with E-state index in [9.17, 15) is 9.59 Å². The van der Waals surface area contributed by atoms with E-state index in [0.29, 0.717) is 0 Å². The zero-order valence-corrected chi connectivity index (χ0v) is 15.5. The van der Waals surface area contributed by atoms with Crippen LogP contribution in [0.3, 0.4) is 0 Å². The Morgan fingerprint density at radius 1 is 0.643 bits per heavy atom. The Bertz CT molecular complexity index is 816. The van der Waals surface area contributed by atoms with Crippen molar-refractivity contribution < 1.29 is 9.59 Å². The summed E-state index contributed by atoms with van der Waals surface area (Å²) in [7, 11) is 0. The fraction of sp³-hybridized carbons (Fsp3) is 0.130. The van der Waals surface area contributed by atoms with E-state index in [1.54, 1.807) is 0 Å². The van der Waals surface area contributed by atoms with Gasteiger partial charge in [-0.25, -0.2) is 5.84 Å². The second kappa shape index (κ2) is 8.97. The summed E-state index contributed by atoms with van der Waals surface area (Å²) < 4.78 is 0. The Morgan fingerprint density at radius 2 is 1.00 bits per heavy atom. The minimum atomic E-state index is -0.875. The van der Waals surface area contributed by atoms with Crippen molar-refractivity contribution in [2.75, 3.05) is 0 Å². The standard InChI is InChI=1S/C23H23N3O2/c24-26-22(28)17-16-21(27)25-23(18-10-4-1-5-11-18,19-12-6-2-7-13-19)20-14-8-3-9-15-20/h1-15H,16-17,24H2,(H,25,27)(H,26,28). The topological polar surface area (TPSA) is 84.2 Å². The Kier molecular flexibility index (Phi) is 6.19. The number of hydrogen-bond acceptors (Lipinski definition) is 3. The van der Waals surface area contributed by atoms with E-state index in [1.807, 2.05) is 91.0 Å². The first-order valence-corrected chi connectivity index (χ1v) is 9.14. The molecule has 3 rings (SSSR count). The van der Waals surface area contributed by atoms with Crippen LogP contribution in [0.15, 0.2) is 91.0 Å². The van der Waals surface area contributed by atoms with Crippen LogP contribution in [0.2, 0.25) is 0 Å². The second-order valence-electron chi connectivity index (χ2n) is 6.46. The van der Waals surface area contributed by atoms with Crippen molar-refractivity contribution in [3.05, 3.63) is 108 Å². The van der Waals surface area contributed by atoms with Gasteiger partial charge >= 0.3 is 0 Å². The van der Waals surface area contributed by atoms with Crippen molar-refractivity contribution in [2.45, 2.75) is 18.4 Å². The molecule has 0 aliphatic heterocycles. The molecule has 2 amide bonds. The third kappa shape index (κ3) is 4.10. The largest absolute Gasteiger partial charge is 0.338 e. The summed E-state index contributed by atoms with van der Waals surface area (Å²) in [6.07, 6.45) is 0.0636. The normalized spacial score (nSPS) is 10.9. The van der Waals surface area contributed by atoms with Gasteiger partial charge in [0.15, 0.2) is 0 Å². The molecule has 0 bridgehead atoms. The summed E-state index contributed by atoms with van der Waals surface area (Å²) in [5.41, 5.74) is 3.99. The molecule has 0 unspecified atom stereocenters. The molecular weight excluding hydrogens is 350 g/mol. The van der Waals surface area contributed by atoms with Crippen molar-refractivity contribution in [2.24, 2.45) is 5.84 Å². The molecule has 142 valence electrons. The number of nitrogens with one attached hydrogen (secondary N) is 2. The number of amides is 2. The summed E-state index contributed by atoms with van der Waals surface area (Å²) in [5.74, 6) is 4.52. The number of rotatable bonds is 7. The van der Waals surface area contributed by atoms with Gasteiger partial charge in [-0.1, -0.05) is 91.0 Å². The summed E-state index contributed by atoms with van der Waals surface area (Å²) in [5, 5.41) is 3.20. The van der Waals surface area contributed by atoms with Crippen LogP contribution < -0.4 is 16.6 Å². The quantitative estimate of drug-likeness (QED) is 0.258. The Balaban J connectivity index is 2.11. The van der Waals surface area contributed by atoms with Crippen LogP contribution in [0.1, 0.15) is 29.5 Å². The SMILES string of the molecule is NNC(=O)CCC(=O)NC(c1ccccc1)(c1ccccc1)c1ccccc1. The average Bonchev–Trinajstić information content (AvgIpc) is 2.77. The maximum Gasteiger partial charge on any atom is 0.234 e. The molecule has 0 aliphatic rings. The molecule has 0 atom stereocenters. The first-order chi connectivity index (χ1) is 13.7. The maximum atomic E-state index is 12.9. The van der Waals surface area contributed by atoms with E-state index in [-0.39, 0.29) is 24.7 Å². The van der Waals surface area contributed by atoms with Crippen LogP contribution in [0.4, 0.5) is 0 Å². The monoisotopic (exact) mass is 373 g/mol. The second-order valence-corrected chi connectivity index (χ2v) is 6.46. The third-order valence-electron chi connectivity index (χ3n) is 4.69. The van der Waals surface area contributed by atoms with Gasteiger partial charge in [-0.2, -0.15) is 0 Å². The highest BCUT2D eigenvalue weighted by atomic mass is 16.2. The van der Waals surface area contributed by atoms with Gasteiger partial charge in [0.05, 0.1) is 0 Å². The molecule has 3 aromatic carbocycles. The molecule has 28 heavy (non-hydrogen) atoms. The predicted molar refractivity (Wildman–Crippen MR) is 109 cm³/mol. The van der Waals surface area contributed by atoms with Crippen molar-refractivity contribution >= 4 is 11.8 Å². The molecule has 5 heteroatoms. The van der Waals surface area contributed by atoms with E-state index in [0.717, 1.165) is 16.7 Å². The predicted octanol–water partition coefficient (Wildman–Crippen LogP) is 2.86. The first-order valence-electron chi connectivity index (χ1n) is 9.14. The van der Waals surface area contributed by atoms with Crippen LogP contribution >= 0.6 is 0 Å². The van der Waals surface area contributed by atoms with E-state index in [1.165, 1.54) is 0 Å². The van der Waals surface area contributed by atoms with E-state index in [2.05, 4.69) is 10.7 Å². The fourth-order valence-electron chi connectivity index (χ4n) is 3.35. The maximum absolute atomic E-state index is 12.9. The molecule has 0 saturated carbocycles. The summed E-state index contributed by atoms with van der Waals surface area (Å²) in [6.45, 7) is 0. The number of nitrogens with two attached hydrogens (primary N) is 1. The van der Waals surface area contributed by atoms with Gasteiger partial charge in [0.25, 0.3) is 0 Å². The van der Waals surface area contributed by atoms with E-state index >= 15 is 0 Å². The number of hydrazine groups is 1. The van der Waals surface area contributed by atoms with Crippen molar-refractivity contribution in [1.82, 2.24) is 10.7 Å². The molecule has 0 aliphatic carbocycles. The van der Waals surface area contributed by atoms with Gasteiger partial charge < -0.3 is 5.32 Å². The van der Waals surface area contributed by atoms with Gasteiger partial charge in [-0.3, -0.25) is 15.0 Å². The van der Waals surface area contributed by atoms with Gasteiger partial charge in [-0.05, 0) is 16.7 Å². The molecule has 4 N–H and O–H groups in total. The summed E-state index contributed by atoms with van der Waals surface area (Å²) >= 11 is 0. The lowest BCUT2D eigenvalue weighted by molar-refractivity contribution is -0.127. The fourth-order valence-corrected chi connectivity index (χ4v) is 3.35. The minimum absolute atomic E-state index is 0.0246. The molecule has 0 spiro atoms. The number of carbonyl (C=O) groups is 2. The lowest BCUT2D eigenvalue weighted by Gasteiger charge is -2.37. The number of carbonyl (C=O) groups excluding carboxylic acids is 2. The van der Waals surface area contributed by atoms with Crippen molar-refractivity contribution in [1.29, 1.82) is 0 Å². The highest BCUT2D eigenvalue weighted by molar-refractivity contribution is 5.84.